The molecular formula is C19H23F4NO3. The van der Waals surface area contributed by atoms with E-state index in [4.69, 9.17) is 4.74 Å². The number of esters is 1. The lowest BCUT2D eigenvalue weighted by Crippen LogP contribution is -2.39. The molecule has 1 aromatic carbocycles. The maximum absolute atomic E-state index is 13.2. The fraction of sp³-hybridized carbons (Fsp3) is 0.579. The molecule has 4 nitrogen and oxygen atoms in total. The van der Waals surface area contributed by atoms with Crippen molar-refractivity contribution in [3.8, 4) is 0 Å². The molecule has 8 heteroatoms. The minimum atomic E-state index is -4.32. The molecule has 0 radical (unpaired) electrons. The Morgan fingerprint density at radius 2 is 1.89 bits per heavy atom. The number of nitrogens with one attached hydrogen (secondary N) is 1. The van der Waals surface area contributed by atoms with E-state index in [-0.39, 0.29) is 25.9 Å². The van der Waals surface area contributed by atoms with Gasteiger partial charge >= 0.3 is 12.1 Å². The second-order valence-corrected chi connectivity index (χ2v) is 6.72. The third-order valence-corrected chi connectivity index (χ3v) is 4.77. The van der Waals surface area contributed by atoms with Crippen LogP contribution in [-0.4, -0.2) is 24.7 Å². The minimum Gasteiger partial charge on any atom is -0.466 e. The van der Waals surface area contributed by atoms with Crippen LogP contribution >= 0.6 is 0 Å². The minimum absolute atomic E-state index is 0.0253. The Hall–Kier alpha value is -2.12. The number of rotatable bonds is 6. The van der Waals surface area contributed by atoms with Crippen LogP contribution < -0.4 is 5.32 Å². The van der Waals surface area contributed by atoms with Crippen LogP contribution in [0.1, 0.15) is 50.6 Å². The van der Waals surface area contributed by atoms with Crippen molar-refractivity contribution >= 4 is 11.9 Å². The monoisotopic (exact) mass is 389 g/mol. The van der Waals surface area contributed by atoms with E-state index in [0.29, 0.717) is 18.4 Å². The number of alkyl halides is 3. The Bertz CT molecular complexity index is 645. The highest BCUT2D eigenvalue weighted by molar-refractivity contribution is 5.80. The Morgan fingerprint density at radius 3 is 2.48 bits per heavy atom. The van der Waals surface area contributed by atoms with Crippen molar-refractivity contribution in [3.63, 3.8) is 0 Å². The summed E-state index contributed by atoms with van der Waals surface area (Å²) in [7, 11) is 0. The van der Waals surface area contributed by atoms with Crippen LogP contribution in [0.25, 0.3) is 0 Å². The highest BCUT2D eigenvalue weighted by Gasteiger charge is 2.43. The van der Waals surface area contributed by atoms with E-state index in [9.17, 15) is 27.2 Å². The molecule has 0 saturated heterocycles. The molecule has 3 unspecified atom stereocenters. The second-order valence-electron chi connectivity index (χ2n) is 6.72. The lowest BCUT2D eigenvalue weighted by atomic mass is 9.80. The summed E-state index contributed by atoms with van der Waals surface area (Å²) in [5.74, 6) is -3.81. The standard InChI is InChI=1S/C19H23F4NO3/c1-2-27-17(25)11-16(12-6-8-15(20)9-7-12)24-18(26)13-4-3-5-14(10-13)19(21,22)23/h6-9,13-14,16H,2-5,10-11H2,1H3,(H,24,26). The Balaban J connectivity index is 2.10. The van der Waals surface area contributed by atoms with Crippen LogP contribution in [0.5, 0.6) is 0 Å². The summed E-state index contributed by atoms with van der Waals surface area (Å²) in [6.07, 6.45) is -4.04. The van der Waals surface area contributed by atoms with Gasteiger partial charge < -0.3 is 10.1 Å². The molecule has 1 aliphatic carbocycles. The maximum atomic E-state index is 13.2. The van der Waals surface area contributed by atoms with Gasteiger partial charge in [0.25, 0.3) is 0 Å². The highest BCUT2D eigenvalue weighted by Crippen LogP contribution is 2.40. The van der Waals surface area contributed by atoms with Gasteiger partial charge in [-0.25, -0.2) is 4.39 Å². The topological polar surface area (TPSA) is 55.4 Å². The van der Waals surface area contributed by atoms with Gasteiger partial charge in [-0.1, -0.05) is 18.6 Å². The molecule has 1 amide bonds. The molecule has 0 spiro atoms. The normalized spacial score (nSPS) is 21.4. The summed E-state index contributed by atoms with van der Waals surface area (Å²) in [6.45, 7) is 1.81. The largest absolute Gasteiger partial charge is 0.466 e. The summed E-state index contributed by atoms with van der Waals surface area (Å²) >= 11 is 0. The lowest BCUT2D eigenvalue weighted by molar-refractivity contribution is -0.186. The molecule has 1 N–H and O–H groups in total. The predicted octanol–water partition coefficient (Wildman–Crippen LogP) is 4.30. The van der Waals surface area contributed by atoms with Crippen LogP contribution in [0.4, 0.5) is 17.6 Å². The first-order chi connectivity index (χ1) is 12.7. The highest BCUT2D eigenvalue weighted by atomic mass is 19.4. The van der Waals surface area contributed by atoms with Crippen molar-refractivity contribution in [2.24, 2.45) is 11.8 Å². The number of ether oxygens (including phenoxy) is 1. The van der Waals surface area contributed by atoms with Crippen molar-refractivity contribution < 1.29 is 31.9 Å². The second kappa shape index (κ2) is 9.19. The van der Waals surface area contributed by atoms with Gasteiger partial charge in [0.1, 0.15) is 5.82 Å². The summed E-state index contributed by atoms with van der Waals surface area (Å²) in [5.41, 5.74) is 0.487. The average molecular weight is 389 g/mol. The van der Waals surface area contributed by atoms with Gasteiger partial charge in [-0.2, -0.15) is 13.2 Å². The predicted molar refractivity (Wildman–Crippen MR) is 90.0 cm³/mol. The van der Waals surface area contributed by atoms with Crippen LogP contribution in [-0.2, 0) is 14.3 Å². The lowest BCUT2D eigenvalue weighted by Gasteiger charge is -2.31. The molecule has 27 heavy (non-hydrogen) atoms. The van der Waals surface area contributed by atoms with Crippen molar-refractivity contribution in [3.05, 3.63) is 35.6 Å². The van der Waals surface area contributed by atoms with E-state index in [0.717, 1.165) is 0 Å². The van der Waals surface area contributed by atoms with E-state index >= 15 is 0 Å². The van der Waals surface area contributed by atoms with Gasteiger partial charge in [0.05, 0.1) is 25.0 Å². The third-order valence-electron chi connectivity index (χ3n) is 4.77. The number of amides is 1. The SMILES string of the molecule is CCOC(=O)CC(NC(=O)C1CCCC(C(F)(F)F)C1)c1ccc(F)cc1. The molecule has 1 saturated carbocycles. The van der Waals surface area contributed by atoms with E-state index < -0.39 is 41.7 Å². The fourth-order valence-corrected chi connectivity index (χ4v) is 3.35. The molecule has 0 aliphatic heterocycles. The van der Waals surface area contributed by atoms with Crippen molar-refractivity contribution in [1.82, 2.24) is 5.32 Å². The Labute approximate surface area is 155 Å². The summed E-state index contributed by atoms with van der Waals surface area (Å²) in [6, 6.07) is 4.46. The molecule has 150 valence electrons. The van der Waals surface area contributed by atoms with Gasteiger partial charge in [-0.05, 0) is 43.9 Å². The number of carbonyl (C=O) groups is 2. The maximum Gasteiger partial charge on any atom is 0.391 e. The van der Waals surface area contributed by atoms with Crippen LogP contribution in [0, 0.1) is 17.7 Å². The number of benzene rings is 1. The molecule has 2 rings (SSSR count). The smallest absolute Gasteiger partial charge is 0.391 e. The van der Waals surface area contributed by atoms with Gasteiger partial charge in [0.2, 0.25) is 5.91 Å². The van der Waals surface area contributed by atoms with E-state index in [1.54, 1.807) is 6.92 Å². The first-order valence-electron chi connectivity index (χ1n) is 8.98. The number of carbonyl (C=O) groups excluding carboxylic acids is 2. The zero-order valence-corrected chi connectivity index (χ0v) is 15.0. The molecule has 1 aliphatic rings. The Morgan fingerprint density at radius 1 is 1.22 bits per heavy atom. The number of hydrogen-bond acceptors (Lipinski definition) is 3. The van der Waals surface area contributed by atoms with Crippen molar-refractivity contribution in [2.45, 2.75) is 51.2 Å². The molecule has 1 aromatic rings. The van der Waals surface area contributed by atoms with Crippen LogP contribution in [0.2, 0.25) is 0 Å². The molecule has 0 aromatic heterocycles. The summed E-state index contributed by atoms with van der Waals surface area (Å²) < 4.78 is 57.0. The summed E-state index contributed by atoms with van der Waals surface area (Å²) in [5, 5.41) is 2.65. The fourth-order valence-electron chi connectivity index (χ4n) is 3.35. The quantitative estimate of drug-likeness (QED) is 0.583. The molecular weight excluding hydrogens is 366 g/mol. The number of hydrogen-bond donors (Lipinski definition) is 1. The van der Waals surface area contributed by atoms with Gasteiger partial charge in [0.15, 0.2) is 0 Å². The molecule has 0 bridgehead atoms. The van der Waals surface area contributed by atoms with E-state index in [2.05, 4.69) is 5.32 Å². The molecule has 1 fully saturated rings. The first kappa shape index (κ1) is 21.2. The zero-order chi connectivity index (χ0) is 20.0. The van der Waals surface area contributed by atoms with Gasteiger partial charge in [0, 0.05) is 5.92 Å². The van der Waals surface area contributed by atoms with Crippen LogP contribution in [0.15, 0.2) is 24.3 Å². The molecule has 0 heterocycles. The zero-order valence-electron chi connectivity index (χ0n) is 15.0. The first-order valence-corrected chi connectivity index (χ1v) is 8.98. The van der Waals surface area contributed by atoms with Crippen LogP contribution in [0.3, 0.4) is 0 Å². The average Bonchev–Trinajstić information content (AvgIpc) is 2.61. The van der Waals surface area contributed by atoms with Crippen molar-refractivity contribution in [2.75, 3.05) is 6.61 Å². The van der Waals surface area contributed by atoms with Crippen molar-refractivity contribution in [1.29, 1.82) is 0 Å². The van der Waals surface area contributed by atoms with Gasteiger partial charge in [-0.15, -0.1) is 0 Å². The van der Waals surface area contributed by atoms with E-state index in [1.165, 1.54) is 24.3 Å². The number of halogens is 4. The Kier molecular flexibility index (Phi) is 7.21. The van der Waals surface area contributed by atoms with Gasteiger partial charge in [-0.3, -0.25) is 9.59 Å². The summed E-state index contributed by atoms with van der Waals surface area (Å²) in [4.78, 5) is 24.4. The molecule has 3 atom stereocenters. The van der Waals surface area contributed by atoms with E-state index in [1.807, 2.05) is 0 Å². The third kappa shape index (κ3) is 6.22.